The van der Waals surface area contributed by atoms with Crippen LogP contribution in [-0.4, -0.2) is 35.7 Å². The number of benzene rings is 2. The topological polar surface area (TPSA) is 117 Å². The Morgan fingerprint density at radius 3 is 2.64 bits per heavy atom. The molecule has 0 aromatic heterocycles. The number of hydrazone groups is 1. The van der Waals surface area contributed by atoms with Gasteiger partial charge in [-0.3, -0.25) is 9.59 Å². The van der Waals surface area contributed by atoms with Crippen molar-refractivity contribution in [3.05, 3.63) is 58.1 Å². The van der Waals surface area contributed by atoms with Crippen molar-refractivity contribution in [2.45, 2.75) is 13.8 Å². The first kappa shape index (κ1) is 20.9. The van der Waals surface area contributed by atoms with Gasteiger partial charge in [0, 0.05) is 16.3 Å². The minimum absolute atomic E-state index is 0.213. The van der Waals surface area contributed by atoms with E-state index in [4.69, 9.17) is 21.4 Å². The van der Waals surface area contributed by atoms with Gasteiger partial charge in [0.15, 0.2) is 6.61 Å². The van der Waals surface area contributed by atoms with Gasteiger partial charge in [0.05, 0.1) is 6.21 Å². The zero-order valence-corrected chi connectivity index (χ0v) is 15.9. The maximum Gasteiger partial charge on any atom is 0.341 e. The standard InChI is InChI=1S/C19H18ClN3O5/c1-11-4-3-5-15(12(11)2)22-18(26)19(27)23-21-9-13-8-14(20)6-7-16(13)28-10-17(24)25/h3-9H,10H2,1-2H3,(H,22,26)(H,23,27)(H,24,25)/b21-9-. The molecule has 2 aromatic rings. The van der Waals surface area contributed by atoms with E-state index in [0.29, 0.717) is 16.3 Å². The van der Waals surface area contributed by atoms with Crippen molar-refractivity contribution in [2.75, 3.05) is 11.9 Å². The lowest BCUT2D eigenvalue weighted by Gasteiger charge is -2.09. The number of aryl methyl sites for hydroxylation is 1. The van der Waals surface area contributed by atoms with Crippen LogP contribution in [0.4, 0.5) is 5.69 Å². The number of hydrogen-bond acceptors (Lipinski definition) is 5. The number of carbonyl (C=O) groups is 3. The van der Waals surface area contributed by atoms with Gasteiger partial charge >= 0.3 is 17.8 Å². The van der Waals surface area contributed by atoms with E-state index in [2.05, 4.69) is 15.8 Å². The predicted octanol–water partition coefficient (Wildman–Crippen LogP) is 2.51. The largest absolute Gasteiger partial charge is 0.481 e. The Morgan fingerprint density at radius 1 is 1.18 bits per heavy atom. The molecule has 0 atom stereocenters. The van der Waals surface area contributed by atoms with Crippen LogP contribution in [0, 0.1) is 13.8 Å². The molecule has 0 aliphatic rings. The van der Waals surface area contributed by atoms with Gasteiger partial charge in [-0.2, -0.15) is 5.10 Å². The van der Waals surface area contributed by atoms with Crippen LogP contribution in [0.15, 0.2) is 41.5 Å². The molecule has 0 saturated heterocycles. The Bertz CT molecular complexity index is 943. The van der Waals surface area contributed by atoms with Crippen LogP contribution in [-0.2, 0) is 14.4 Å². The number of ether oxygens (including phenoxy) is 1. The summed E-state index contributed by atoms with van der Waals surface area (Å²) < 4.78 is 5.12. The quantitative estimate of drug-likeness (QED) is 0.389. The lowest BCUT2D eigenvalue weighted by Crippen LogP contribution is -2.32. The van der Waals surface area contributed by atoms with Crippen LogP contribution >= 0.6 is 11.6 Å². The van der Waals surface area contributed by atoms with Gasteiger partial charge in [-0.25, -0.2) is 10.2 Å². The van der Waals surface area contributed by atoms with Gasteiger partial charge in [-0.1, -0.05) is 23.7 Å². The van der Waals surface area contributed by atoms with Crippen molar-refractivity contribution in [3.63, 3.8) is 0 Å². The summed E-state index contributed by atoms with van der Waals surface area (Å²) in [5, 5.41) is 15.3. The van der Waals surface area contributed by atoms with Gasteiger partial charge in [0.2, 0.25) is 0 Å². The molecule has 2 aromatic carbocycles. The molecule has 0 bridgehead atoms. The first-order chi connectivity index (χ1) is 13.3. The summed E-state index contributed by atoms with van der Waals surface area (Å²) in [6.45, 7) is 3.18. The molecule has 0 aliphatic carbocycles. The number of carboxylic acid groups (broad SMARTS) is 1. The molecule has 0 saturated carbocycles. The van der Waals surface area contributed by atoms with Crippen LogP contribution in [0.3, 0.4) is 0 Å². The Labute approximate surface area is 166 Å². The number of aliphatic carboxylic acids is 1. The summed E-state index contributed by atoms with van der Waals surface area (Å²) in [6.07, 6.45) is 1.20. The molecule has 0 spiro atoms. The third-order valence-electron chi connectivity index (χ3n) is 3.75. The van der Waals surface area contributed by atoms with E-state index in [9.17, 15) is 14.4 Å². The molecular weight excluding hydrogens is 386 g/mol. The van der Waals surface area contributed by atoms with Crippen LogP contribution < -0.4 is 15.5 Å². The van der Waals surface area contributed by atoms with Crippen molar-refractivity contribution < 1.29 is 24.2 Å². The molecule has 28 heavy (non-hydrogen) atoms. The number of carboxylic acids is 1. The van der Waals surface area contributed by atoms with Gasteiger partial charge in [0.25, 0.3) is 0 Å². The summed E-state index contributed by atoms with van der Waals surface area (Å²) in [6, 6.07) is 9.82. The normalized spacial score (nSPS) is 10.5. The van der Waals surface area contributed by atoms with Crippen LogP contribution in [0.25, 0.3) is 0 Å². The lowest BCUT2D eigenvalue weighted by atomic mass is 10.1. The Kier molecular flexibility index (Phi) is 7.11. The fourth-order valence-electron chi connectivity index (χ4n) is 2.17. The average molecular weight is 404 g/mol. The van der Waals surface area contributed by atoms with E-state index in [-0.39, 0.29) is 5.75 Å². The van der Waals surface area contributed by atoms with Crippen LogP contribution in [0.1, 0.15) is 16.7 Å². The first-order valence-corrected chi connectivity index (χ1v) is 8.50. The minimum atomic E-state index is -1.14. The average Bonchev–Trinajstić information content (AvgIpc) is 2.64. The number of carbonyl (C=O) groups excluding carboxylic acids is 2. The highest BCUT2D eigenvalue weighted by Gasteiger charge is 2.14. The zero-order chi connectivity index (χ0) is 20.7. The highest BCUT2D eigenvalue weighted by atomic mass is 35.5. The van der Waals surface area contributed by atoms with Crippen molar-refractivity contribution in [1.82, 2.24) is 5.43 Å². The van der Waals surface area contributed by atoms with Crippen LogP contribution in [0.5, 0.6) is 5.75 Å². The van der Waals surface area contributed by atoms with Gasteiger partial charge in [-0.05, 0) is 49.2 Å². The molecule has 0 aliphatic heterocycles. The van der Waals surface area contributed by atoms with Crippen molar-refractivity contribution in [3.8, 4) is 5.75 Å². The molecule has 9 heteroatoms. The lowest BCUT2D eigenvalue weighted by molar-refractivity contribution is -0.139. The zero-order valence-electron chi connectivity index (χ0n) is 15.2. The maximum atomic E-state index is 12.0. The van der Waals surface area contributed by atoms with Crippen molar-refractivity contribution in [2.24, 2.45) is 5.10 Å². The van der Waals surface area contributed by atoms with Crippen molar-refractivity contribution in [1.29, 1.82) is 0 Å². The van der Waals surface area contributed by atoms with Gasteiger partial charge in [0.1, 0.15) is 5.75 Å². The summed E-state index contributed by atoms with van der Waals surface area (Å²) in [5.74, 6) is -2.77. The number of amides is 2. The molecule has 2 rings (SSSR count). The van der Waals surface area contributed by atoms with E-state index < -0.39 is 24.4 Å². The molecule has 146 valence electrons. The third kappa shape index (κ3) is 5.82. The number of rotatable bonds is 6. The maximum absolute atomic E-state index is 12.0. The number of halogens is 1. The van der Waals surface area contributed by atoms with Gasteiger partial charge < -0.3 is 15.2 Å². The summed E-state index contributed by atoms with van der Waals surface area (Å²) >= 11 is 5.90. The van der Waals surface area contributed by atoms with E-state index in [1.165, 1.54) is 24.4 Å². The van der Waals surface area contributed by atoms with E-state index >= 15 is 0 Å². The Morgan fingerprint density at radius 2 is 1.93 bits per heavy atom. The third-order valence-corrected chi connectivity index (χ3v) is 3.99. The number of hydrogen-bond donors (Lipinski definition) is 3. The second-order valence-corrected chi connectivity index (χ2v) is 6.20. The van der Waals surface area contributed by atoms with Crippen molar-refractivity contribution >= 4 is 41.3 Å². The summed E-state index contributed by atoms with van der Waals surface area (Å²) in [5.41, 5.74) is 4.80. The summed E-state index contributed by atoms with van der Waals surface area (Å²) in [4.78, 5) is 34.6. The van der Waals surface area contributed by atoms with E-state index in [0.717, 1.165) is 11.1 Å². The number of nitrogens with one attached hydrogen (secondary N) is 2. The number of anilines is 1. The molecule has 0 unspecified atom stereocenters. The molecule has 0 heterocycles. The molecule has 8 nitrogen and oxygen atoms in total. The van der Waals surface area contributed by atoms with E-state index in [1.54, 1.807) is 12.1 Å². The smallest absolute Gasteiger partial charge is 0.341 e. The minimum Gasteiger partial charge on any atom is -0.481 e. The molecule has 0 radical (unpaired) electrons. The SMILES string of the molecule is Cc1cccc(NC(=O)C(=O)N/N=C\c2cc(Cl)ccc2OCC(=O)O)c1C. The second kappa shape index (κ2) is 9.52. The number of nitrogens with zero attached hydrogens (tertiary/aromatic N) is 1. The fourth-order valence-corrected chi connectivity index (χ4v) is 2.35. The summed E-state index contributed by atoms with van der Waals surface area (Å²) in [7, 11) is 0. The fraction of sp³-hybridized carbons (Fsp3) is 0.158. The van der Waals surface area contributed by atoms with Crippen LogP contribution in [0.2, 0.25) is 5.02 Å². The molecule has 2 amide bonds. The molecule has 0 fully saturated rings. The second-order valence-electron chi connectivity index (χ2n) is 5.77. The Hall–Kier alpha value is -3.39. The molecular formula is C19H18ClN3O5. The van der Waals surface area contributed by atoms with Gasteiger partial charge in [-0.15, -0.1) is 0 Å². The highest BCUT2D eigenvalue weighted by molar-refractivity contribution is 6.39. The Balaban J connectivity index is 2.02. The predicted molar refractivity (Wildman–Crippen MR) is 105 cm³/mol. The molecule has 3 N–H and O–H groups in total. The monoisotopic (exact) mass is 403 g/mol. The van der Waals surface area contributed by atoms with E-state index in [1.807, 2.05) is 19.9 Å². The highest BCUT2D eigenvalue weighted by Crippen LogP contribution is 2.21. The first-order valence-electron chi connectivity index (χ1n) is 8.12.